The normalized spacial score (nSPS) is 14.9. The average molecular weight is 494 g/mol. The number of para-hydroxylation sites is 2. The molecule has 0 unspecified atom stereocenters. The highest BCUT2D eigenvalue weighted by Gasteiger charge is 2.21. The maximum absolute atomic E-state index is 13.4. The van der Waals surface area contributed by atoms with E-state index >= 15 is 0 Å². The highest BCUT2D eigenvalue weighted by atomic mass is 35.5. The summed E-state index contributed by atoms with van der Waals surface area (Å²) in [5.74, 6) is 1.22. The van der Waals surface area contributed by atoms with E-state index in [1.54, 1.807) is 6.07 Å². The van der Waals surface area contributed by atoms with E-state index in [0.717, 1.165) is 67.3 Å². The molecule has 1 aliphatic rings. The predicted octanol–water partition coefficient (Wildman–Crippen LogP) is 4.96. The molecule has 0 atom stereocenters. The smallest absolute Gasteiger partial charge is 0.224 e. The number of likely N-dealkylation sites (tertiary alicyclic amines) is 1. The minimum Gasteiger partial charge on any atom is -0.353 e. The van der Waals surface area contributed by atoms with Crippen molar-refractivity contribution in [2.75, 3.05) is 36.8 Å². The Balaban J connectivity index is 1.18. The number of aryl methyl sites for hydroxylation is 1. The molecular weight excluding hydrogens is 465 g/mol. The van der Waals surface area contributed by atoms with E-state index in [1.807, 2.05) is 37.3 Å². The summed E-state index contributed by atoms with van der Waals surface area (Å²) < 4.78 is 15.6. The molecule has 0 saturated carbocycles. The van der Waals surface area contributed by atoms with Crippen molar-refractivity contribution in [3.05, 3.63) is 76.8 Å². The van der Waals surface area contributed by atoms with Crippen LogP contribution < -0.4 is 10.6 Å². The predicted molar refractivity (Wildman–Crippen MR) is 139 cm³/mol. The molecule has 0 aliphatic carbocycles. The highest BCUT2D eigenvalue weighted by molar-refractivity contribution is 6.29. The molecule has 7 nitrogen and oxygen atoms in total. The molecule has 35 heavy (non-hydrogen) atoms. The number of rotatable bonds is 8. The Morgan fingerprint density at radius 1 is 1.03 bits per heavy atom. The molecule has 2 aromatic heterocycles. The van der Waals surface area contributed by atoms with Crippen molar-refractivity contribution in [3.8, 4) is 0 Å². The van der Waals surface area contributed by atoms with Gasteiger partial charge in [-0.3, -0.25) is 0 Å². The number of halogens is 2. The van der Waals surface area contributed by atoms with Gasteiger partial charge in [0.05, 0.1) is 17.6 Å². The number of piperidine rings is 1. The van der Waals surface area contributed by atoms with Crippen molar-refractivity contribution in [1.82, 2.24) is 24.4 Å². The Morgan fingerprint density at radius 3 is 2.57 bits per heavy atom. The molecule has 2 N–H and O–H groups in total. The van der Waals surface area contributed by atoms with Crippen molar-refractivity contribution in [2.45, 2.75) is 32.4 Å². The van der Waals surface area contributed by atoms with Gasteiger partial charge in [-0.25, -0.2) is 19.3 Å². The standard InChI is InChI=1S/C26H29ClFN7/c1-18-16-24(27)33-25(30-18)29-12-15-34-13-10-21(11-14-34)31-26-32-22-4-2-3-5-23(22)35(26)17-19-6-8-20(28)9-7-19/h2-9,16,21H,10-15,17H2,1H3,(H,31,32)(H,29,30,33). The highest BCUT2D eigenvalue weighted by Crippen LogP contribution is 2.24. The molecule has 4 aromatic rings. The van der Waals surface area contributed by atoms with Crippen LogP contribution >= 0.6 is 11.6 Å². The van der Waals surface area contributed by atoms with Gasteiger partial charge < -0.3 is 20.1 Å². The first-order valence-electron chi connectivity index (χ1n) is 12.0. The van der Waals surface area contributed by atoms with Gasteiger partial charge in [-0.05, 0) is 55.7 Å². The molecule has 1 saturated heterocycles. The minimum absolute atomic E-state index is 0.222. The zero-order chi connectivity index (χ0) is 24.2. The van der Waals surface area contributed by atoms with Gasteiger partial charge in [0.2, 0.25) is 11.9 Å². The maximum Gasteiger partial charge on any atom is 0.224 e. The van der Waals surface area contributed by atoms with E-state index in [-0.39, 0.29) is 5.82 Å². The molecule has 9 heteroatoms. The first kappa shape index (κ1) is 23.5. The second-order valence-corrected chi connectivity index (χ2v) is 9.37. The van der Waals surface area contributed by atoms with E-state index in [1.165, 1.54) is 12.1 Å². The molecular formula is C26H29ClFN7. The fraction of sp³-hybridized carbons (Fsp3) is 0.346. The van der Waals surface area contributed by atoms with Gasteiger partial charge in [0.25, 0.3) is 0 Å². The fourth-order valence-corrected chi connectivity index (χ4v) is 4.77. The summed E-state index contributed by atoms with van der Waals surface area (Å²) in [6, 6.07) is 16.9. The van der Waals surface area contributed by atoms with Gasteiger partial charge in [-0.2, -0.15) is 0 Å². The Hall–Kier alpha value is -3.23. The number of nitrogens with one attached hydrogen (secondary N) is 2. The molecule has 5 rings (SSSR count). The van der Waals surface area contributed by atoms with E-state index in [2.05, 4.69) is 36.1 Å². The van der Waals surface area contributed by atoms with Gasteiger partial charge in [0.1, 0.15) is 11.0 Å². The van der Waals surface area contributed by atoms with Crippen LogP contribution in [-0.4, -0.2) is 56.6 Å². The summed E-state index contributed by atoms with van der Waals surface area (Å²) in [7, 11) is 0. The lowest BCUT2D eigenvalue weighted by atomic mass is 10.1. The summed E-state index contributed by atoms with van der Waals surface area (Å²) in [6.45, 7) is 6.25. The third kappa shape index (κ3) is 5.89. The Kier molecular flexibility index (Phi) is 7.11. The first-order chi connectivity index (χ1) is 17.0. The Bertz CT molecular complexity index is 1260. The van der Waals surface area contributed by atoms with E-state index in [9.17, 15) is 4.39 Å². The summed E-state index contributed by atoms with van der Waals surface area (Å²) in [5, 5.41) is 7.42. The van der Waals surface area contributed by atoms with Crippen molar-refractivity contribution < 1.29 is 4.39 Å². The van der Waals surface area contributed by atoms with Crippen LogP contribution in [0.5, 0.6) is 0 Å². The lowest BCUT2D eigenvalue weighted by Gasteiger charge is -2.32. The number of anilines is 2. The number of fused-ring (bicyclic) bond motifs is 1. The zero-order valence-electron chi connectivity index (χ0n) is 19.7. The summed E-state index contributed by atoms with van der Waals surface area (Å²) in [4.78, 5) is 15.9. The maximum atomic E-state index is 13.4. The molecule has 0 spiro atoms. The van der Waals surface area contributed by atoms with Crippen LogP contribution in [0.2, 0.25) is 5.15 Å². The summed E-state index contributed by atoms with van der Waals surface area (Å²) in [6.07, 6.45) is 2.07. The fourth-order valence-electron chi connectivity index (χ4n) is 4.54. The second-order valence-electron chi connectivity index (χ2n) is 8.98. The number of hydrogen-bond donors (Lipinski definition) is 2. The van der Waals surface area contributed by atoms with E-state index < -0.39 is 0 Å². The van der Waals surface area contributed by atoms with Crippen molar-refractivity contribution >= 4 is 34.5 Å². The average Bonchev–Trinajstić information content (AvgIpc) is 3.18. The third-order valence-electron chi connectivity index (χ3n) is 6.36. The van der Waals surface area contributed by atoms with Gasteiger partial charge in [-0.15, -0.1) is 0 Å². The van der Waals surface area contributed by atoms with Crippen LogP contribution in [0, 0.1) is 12.7 Å². The van der Waals surface area contributed by atoms with Gasteiger partial charge in [0.15, 0.2) is 0 Å². The molecule has 0 amide bonds. The van der Waals surface area contributed by atoms with Crippen LogP contribution in [-0.2, 0) is 6.54 Å². The van der Waals surface area contributed by atoms with E-state index in [4.69, 9.17) is 16.6 Å². The topological polar surface area (TPSA) is 70.9 Å². The third-order valence-corrected chi connectivity index (χ3v) is 6.56. The van der Waals surface area contributed by atoms with Crippen LogP contribution in [0.3, 0.4) is 0 Å². The molecule has 0 bridgehead atoms. The van der Waals surface area contributed by atoms with Gasteiger partial charge >= 0.3 is 0 Å². The van der Waals surface area contributed by atoms with Crippen molar-refractivity contribution in [3.63, 3.8) is 0 Å². The van der Waals surface area contributed by atoms with Crippen LogP contribution in [0.4, 0.5) is 16.3 Å². The number of imidazole rings is 1. The number of aromatic nitrogens is 4. The zero-order valence-corrected chi connectivity index (χ0v) is 20.5. The molecule has 2 aromatic carbocycles. The van der Waals surface area contributed by atoms with Crippen LogP contribution in [0.15, 0.2) is 54.6 Å². The quantitative estimate of drug-likeness (QED) is 0.338. The number of hydrogen-bond acceptors (Lipinski definition) is 6. The molecule has 3 heterocycles. The lowest BCUT2D eigenvalue weighted by Crippen LogP contribution is -2.41. The monoisotopic (exact) mass is 493 g/mol. The largest absolute Gasteiger partial charge is 0.353 e. The molecule has 0 radical (unpaired) electrons. The summed E-state index contributed by atoms with van der Waals surface area (Å²) >= 11 is 6.02. The van der Waals surface area contributed by atoms with Crippen LogP contribution in [0.1, 0.15) is 24.1 Å². The van der Waals surface area contributed by atoms with Gasteiger partial charge in [-0.1, -0.05) is 35.9 Å². The lowest BCUT2D eigenvalue weighted by molar-refractivity contribution is 0.226. The Labute approximate surface area is 209 Å². The minimum atomic E-state index is -0.222. The van der Waals surface area contributed by atoms with Crippen LogP contribution in [0.25, 0.3) is 11.0 Å². The van der Waals surface area contributed by atoms with E-state index in [0.29, 0.717) is 23.7 Å². The SMILES string of the molecule is Cc1cc(Cl)nc(NCCN2CCC(Nc3nc4ccccc4n3Cc3ccc(F)cc3)CC2)n1. The first-order valence-corrected chi connectivity index (χ1v) is 12.3. The molecule has 1 fully saturated rings. The van der Waals surface area contributed by atoms with Crippen molar-refractivity contribution in [2.24, 2.45) is 0 Å². The van der Waals surface area contributed by atoms with Crippen molar-refractivity contribution in [1.29, 1.82) is 0 Å². The Morgan fingerprint density at radius 2 is 1.80 bits per heavy atom. The summed E-state index contributed by atoms with van der Waals surface area (Å²) in [5.41, 5.74) is 3.92. The molecule has 182 valence electrons. The van der Waals surface area contributed by atoms with Gasteiger partial charge in [0, 0.05) is 37.9 Å². The second kappa shape index (κ2) is 10.6. The number of benzene rings is 2. The molecule has 1 aliphatic heterocycles. The number of nitrogens with zero attached hydrogens (tertiary/aromatic N) is 5.